The maximum atomic E-state index is 12.9. The fourth-order valence-electron chi connectivity index (χ4n) is 3.81. The molecule has 192 valence electrons. The summed E-state index contributed by atoms with van der Waals surface area (Å²) in [5.74, 6) is 0.140. The summed E-state index contributed by atoms with van der Waals surface area (Å²) in [4.78, 5) is 27.5. The highest BCUT2D eigenvalue weighted by Gasteiger charge is 2.23. The molecule has 4 rings (SSSR count). The molecule has 2 aromatic heterocycles. The molecule has 1 amide bonds. The van der Waals surface area contributed by atoms with Crippen LogP contribution < -0.4 is 10.2 Å². The number of thiophene rings is 1. The average Bonchev–Trinajstić information content (AvgIpc) is 3.51. The summed E-state index contributed by atoms with van der Waals surface area (Å²) in [6.45, 7) is 4.69. The first kappa shape index (κ1) is 26.4. The Hall–Kier alpha value is -3.63. The van der Waals surface area contributed by atoms with E-state index in [0.717, 1.165) is 33.8 Å². The molecule has 0 aliphatic rings. The molecule has 2 aromatic carbocycles. The Morgan fingerprint density at radius 2 is 1.86 bits per heavy atom. The molecule has 0 aliphatic heterocycles. The van der Waals surface area contributed by atoms with E-state index >= 15 is 0 Å². The third-order valence-corrected chi connectivity index (χ3v) is 7.64. The van der Waals surface area contributed by atoms with Gasteiger partial charge in [-0.2, -0.15) is 0 Å². The summed E-state index contributed by atoms with van der Waals surface area (Å²) in [5.41, 5.74) is 5.13. The molecule has 8 nitrogen and oxygen atoms in total. The number of esters is 1. The fourth-order valence-corrected chi connectivity index (χ4v) is 5.59. The van der Waals surface area contributed by atoms with Crippen LogP contribution in [0.15, 0.2) is 59.1 Å². The van der Waals surface area contributed by atoms with Crippen LogP contribution in [0.25, 0.3) is 22.5 Å². The highest BCUT2D eigenvalue weighted by Crippen LogP contribution is 2.36. The van der Waals surface area contributed by atoms with Crippen molar-refractivity contribution in [3.05, 3.63) is 65.0 Å². The minimum absolute atomic E-state index is 0.119. The Labute approximate surface area is 224 Å². The minimum atomic E-state index is -0.491. The van der Waals surface area contributed by atoms with Gasteiger partial charge in [-0.3, -0.25) is 4.79 Å². The van der Waals surface area contributed by atoms with Crippen molar-refractivity contribution in [1.29, 1.82) is 0 Å². The quantitative estimate of drug-likeness (QED) is 0.221. The van der Waals surface area contributed by atoms with Gasteiger partial charge in [-0.15, -0.1) is 21.5 Å². The third-order valence-electron chi connectivity index (χ3n) is 5.78. The van der Waals surface area contributed by atoms with E-state index < -0.39 is 5.97 Å². The van der Waals surface area contributed by atoms with Gasteiger partial charge >= 0.3 is 5.97 Å². The van der Waals surface area contributed by atoms with Gasteiger partial charge in [0.2, 0.25) is 5.91 Å². The van der Waals surface area contributed by atoms with Crippen molar-refractivity contribution in [2.24, 2.45) is 0 Å². The van der Waals surface area contributed by atoms with Crippen molar-refractivity contribution in [3.8, 4) is 22.5 Å². The molecule has 0 spiro atoms. The summed E-state index contributed by atoms with van der Waals surface area (Å²) >= 11 is 2.61. The number of hydrogen-bond donors (Lipinski definition) is 1. The number of amides is 1. The smallest absolute Gasteiger partial charge is 0.341 e. The molecule has 2 heterocycles. The topological polar surface area (TPSA) is 89.3 Å². The third kappa shape index (κ3) is 5.86. The molecule has 0 unspecified atom stereocenters. The summed E-state index contributed by atoms with van der Waals surface area (Å²) in [5, 5.41) is 14.6. The highest BCUT2D eigenvalue weighted by molar-refractivity contribution is 7.99. The number of ether oxygens (including phenoxy) is 1. The second kappa shape index (κ2) is 11.6. The second-order valence-corrected chi connectivity index (χ2v) is 10.4. The number of anilines is 2. The van der Waals surface area contributed by atoms with Crippen LogP contribution in [0.1, 0.15) is 22.8 Å². The van der Waals surface area contributed by atoms with Gasteiger partial charge in [-0.05, 0) is 31.5 Å². The number of rotatable bonds is 9. The number of thioether (sulfide) groups is 1. The fraction of sp³-hybridized carbons (Fsp3) is 0.259. The van der Waals surface area contributed by atoms with Crippen LogP contribution in [-0.2, 0) is 16.1 Å². The SMILES string of the molecule is CCn1c(SCC(=O)Nc2scc(-c3ccc(C)cc3)c2C(=O)OC)nnc1-c1cccc(N(C)C)c1. The summed E-state index contributed by atoms with van der Waals surface area (Å²) in [6.07, 6.45) is 0. The molecule has 0 atom stereocenters. The summed E-state index contributed by atoms with van der Waals surface area (Å²) in [6, 6.07) is 16.0. The molecule has 0 radical (unpaired) electrons. The van der Waals surface area contributed by atoms with Crippen LogP contribution in [0, 0.1) is 6.92 Å². The maximum absolute atomic E-state index is 12.9. The van der Waals surface area contributed by atoms with E-state index in [0.29, 0.717) is 22.3 Å². The normalized spacial score (nSPS) is 10.8. The lowest BCUT2D eigenvalue weighted by Gasteiger charge is -2.14. The van der Waals surface area contributed by atoms with Crippen molar-refractivity contribution in [2.75, 3.05) is 37.2 Å². The number of carbonyl (C=O) groups excluding carboxylic acids is 2. The van der Waals surface area contributed by atoms with Crippen LogP contribution in [0.3, 0.4) is 0 Å². The van der Waals surface area contributed by atoms with Gasteiger partial charge in [-0.25, -0.2) is 4.79 Å². The molecular formula is C27H29N5O3S2. The van der Waals surface area contributed by atoms with Crippen LogP contribution >= 0.6 is 23.1 Å². The first-order valence-electron chi connectivity index (χ1n) is 11.7. The first-order chi connectivity index (χ1) is 17.8. The van der Waals surface area contributed by atoms with E-state index in [2.05, 4.69) is 21.6 Å². The zero-order valence-corrected chi connectivity index (χ0v) is 23.1. The van der Waals surface area contributed by atoms with Gasteiger partial charge in [0.1, 0.15) is 10.6 Å². The Balaban J connectivity index is 1.50. The molecule has 0 saturated heterocycles. The van der Waals surface area contributed by atoms with Crippen molar-refractivity contribution in [3.63, 3.8) is 0 Å². The molecular weight excluding hydrogens is 506 g/mol. The van der Waals surface area contributed by atoms with Crippen LogP contribution in [0.5, 0.6) is 0 Å². The molecule has 37 heavy (non-hydrogen) atoms. The number of nitrogens with one attached hydrogen (secondary N) is 1. The number of carbonyl (C=O) groups is 2. The summed E-state index contributed by atoms with van der Waals surface area (Å²) < 4.78 is 7.01. The zero-order valence-electron chi connectivity index (χ0n) is 21.4. The Morgan fingerprint density at radius 3 is 2.54 bits per heavy atom. The molecule has 4 aromatic rings. The predicted octanol–water partition coefficient (Wildman–Crippen LogP) is 5.59. The van der Waals surface area contributed by atoms with E-state index in [4.69, 9.17) is 4.74 Å². The number of nitrogens with zero attached hydrogens (tertiary/aromatic N) is 4. The predicted molar refractivity (Wildman–Crippen MR) is 151 cm³/mol. The highest BCUT2D eigenvalue weighted by atomic mass is 32.2. The summed E-state index contributed by atoms with van der Waals surface area (Å²) in [7, 11) is 5.32. The van der Waals surface area contributed by atoms with Gasteiger partial charge in [0.25, 0.3) is 0 Å². The molecule has 10 heteroatoms. The van der Waals surface area contributed by atoms with E-state index in [-0.39, 0.29) is 11.7 Å². The van der Waals surface area contributed by atoms with Gasteiger partial charge in [-0.1, -0.05) is 53.7 Å². The maximum Gasteiger partial charge on any atom is 0.341 e. The van der Waals surface area contributed by atoms with Crippen molar-refractivity contribution in [1.82, 2.24) is 14.8 Å². The molecule has 0 fully saturated rings. The number of aryl methyl sites for hydroxylation is 1. The molecule has 1 N–H and O–H groups in total. The molecule has 0 bridgehead atoms. The number of benzene rings is 2. The van der Waals surface area contributed by atoms with Crippen LogP contribution in [0.4, 0.5) is 10.7 Å². The van der Waals surface area contributed by atoms with Gasteiger partial charge in [0.05, 0.1) is 12.9 Å². The lowest BCUT2D eigenvalue weighted by Crippen LogP contribution is -2.16. The zero-order chi connectivity index (χ0) is 26.5. The van der Waals surface area contributed by atoms with Crippen molar-refractivity contribution in [2.45, 2.75) is 25.5 Å². The van der Waals surface area contributed by atoms with Crippen molar-refractivity contribution < 1.29 is 14.3 Å². The van der Waals surface area contributed by atoms with Crippen LogP contribution in [0.2, 0.25) is 0 Å². The second-order valence-electron chi connectivity index (χ2n) is 8.54. The van der Waals surface area contributed by atoms with E-state index in [1.807, 2.05) is 85.3 Å². The number of aromatic nitrogens is 3. The monoisotopic (exact) mass is 535 g/mol. The Kier molecular flexibility index (Phi) is 8.30. The Morgan fingerprint density at radius 1 is 1.11 bits per heavy atom. The molecule has 0 saturated carbocycles. The van der Waals surface area contributed by atoms with E-state index in [1.54, 1.807) is 0 Å². The van der Waals surface area contributed by atoms with Gasteiger partial charge < -0.3 is 19.5 Å². The van der Waals surface area contributed by atoms with Crippen LogP contribution in [-0.4, -0.2) is 53.6 Å². The first-order valence-corrected chi connectivity index (χ1v) is 13.6. The standard InChI is InChI=1S/C27H29N5O3S2/c1-6-32-24(19-8-7-9-20(14-19)31(3)4)29-30-27(32)37-16-22(33)28-25-23(26(34)35-5)21(15-36-25)18-12-10-17(2)11-13-18/h7-15H,6,16H2,1-5H3,(H,28,33). The van der Waals surface area contributed by atoms with E-state index in [1.165, 1.54) is 30.2 Å². The van der Waals surface area contributed by atoms with Crippen molar-refractivity contribution >= 4 is 45.7 Å². The lowest BCUT2D eigenvalue weighted by atomic mass is 10.0. The Bertz CT molecular complexity index is 1410. The molecule has 0 aliphatic carbocycles. The van der Waals surface area contributed by atoms with Gasteiger partial charge in [0, 0.05) is 42.8 Å². The average molecular weight is 536 g/mol. The minimum Gasteiger partial charge on any atom is -0.465 e. The van der Waals surface area contributed by atoms with Gasteiger partial charge in [0.15, 0.2) is 11.0 Å². The number of methoxy groups -OCH3 is 1. The van der Waals surface area contributed by atoms with E-state index in [9.17, 15) is 9.59 Å². The largest absolute Gasteiger partial charge is 0.465 e. The lowest BCUT2D eigenvalue weighted by molar-refractivity contribution is -0.113. The number of hydrogen-bond acceptors (Lipinski definition) is 8.